The maximum absolute atomic E-state index is 3.24. The minimum atomic E-state index is 0.852. The topological polar surface area (TPSA) is 36.1 Å². The van der Waals surface area contributed by atoms with Gasteiger partial charge in [0.25, 0.3) is 0 Å². The molecule has 3 N–H and O–H groups in total. The molecule has 0 unspecified atom stereocenters. The average molecular weight is 149 g/mol. The number of rotatable bonds is 0. The van der Waals surface area contributed by atoms with Crippen LogP contribution in [-0.2, 0) is 0 Å². The number of hydrogen-bond donors (Lipinski definition) is 3. The van der Waals surface area contributed by atoms with Gasteiger partial charge in [0.15, 0.2) is 0 Å². The standard InChI is InChI=1S/C8H11N3/c1-2-4-10-8-5-9-6-11-7(8)3-1/h1-4,9-11H,5-6H2. The number of hydrogen-bond acceptors (Lipinski definition) is 3. The third-order valence-corrected chi connectivity index (χ3v) is 1.76. The monoisotopic (exact) mass is 149 g/mol. The minimum Gasteiger partial charge on any atom is -0.371 e. The van der Waals surface area contributed by atoms with E-state index in [0.29, 0.717) is 0 Å². The molecule has 0 radical (unpaired) electrons. The molecule has 0 amide bonds. The lowest BCUT2D eigenvalue weighted by molar-refractivity contribution is 0.609. The SMILES string of the molecule is C1=CNC2=C(C=C1)NCNC2. The van der Waals surface area contributed by atoms with Gasteiger partial charge in [-0.3, -0.25) is 5.32 Å². The fourth-order valence-corrected chi connectivity index (χ4v) is 1.19. The van der Waals surface area contributed by atoms with Crippen LogP contribution in [0.3, 0.4) is 0 Å². The van der Waals surface area contributed by atoms with Crippen LogP contribution in [0, 0.1) is 0 Å². The normalized spacial score (nSPS) is 21.8. The predicted molar refractivity (Wildman–Crippen MR) is 44.4 cm³/mol. The van der Waals surface area contributed by atoms with Crippen molar-refractivity contribution in [3.63, 3.8) is 0 Å². The molecule has 0 aliphatic carbocycles. The highest BCUT2D eigenvalue weighted by Gasteiger charge is 2.07. The Bertz CT molecular complexity index is 238. The van der Waals surface area contributed by atoms with E-state index < -0.39 is 0 Å². The molecule has 0 spiro atoms. The largest absolute Gasteiger partial charge is 0.371 e. The Labute approximate surface area is 65.9 Å². The molecule has 2 aliphatic rings. The lowest BCUT2D eigenvalue weighted by Gasteiger charge is -2.20. The van der Waals surface area contributed by atoms with Crippen molar-refractivity contribution >= 4 is 0 Å². The fourth-order valence-electron chi connectivity index (χ4n) is 1.19. The van der Waals surface area contributed by atoms with Crippen molar-refractivity contribution in [1.82, 2.24) is 16.0 Å². The summed E-state index contributed by atoms with van der Waals surface area (Å²) in [4.78, 5) is 0. The van der Waals surface area contributed by atoms with E-state index in [1.807, 2.05) is 18.4 Å². The lowest BCUT2D eigenvalue weighted by atomic mass is 10.2. The molecular formula is C8H11N3. The van der Waals surface area contributed by atoms with Gasteiger partial charge in [0.05, 0.1) is 18.1 Å². The van der Waals surface area contributed by atoms with Gasteiger partial charge in [0, 0.05) is 12.7 Å². The molecule has 0 aromatic rings. The zero-order valence-corrected chi connectivity index (χ0v) is 6.22. The molecule has 58 valence electrons. The molecule has 3 nitrogen and oxygen atoms in total. The molecular weight excluding hydrogens is 138 g/mol. The molecule has 0 atom stereocenters. The number of allylic oxidation sites excluding steroid dienone is 3. The van der Waals surface area contributed by atoms with E-state index in [1.54, 1.807) is 0 Å². The molecule has 11 heavy (non-hydrogen) atoms. The molecule has 0 aromatic carbocycles. The minimum absolute atomic E-state index is 0.852. The second kappa shape index (κ2) is 2.80. The van der Waals surface area contributed by atoms with Gasteiger partial charge in [0.2, 0.25) is 0 Å². The van der Waals surface area contributed by atoms with E-state index in [9.17, 15) is 0 Å². The third-order valence-electron chi connectivity index (χ3n) is 1.76. The highest BCUT2D eigenvalue weighted by Crippen LogP contribution is 2.05. The Morgan fingerprint density at radius 2 is 2.27 bits per heavy atom. The van der Waals surface area contributed by atoms with Crippen LogP contribution in [-0.4, -0.2) is 13.2 Å². The molecule has 0 saturated carbocycles. The van der Waals surface area contributed by atoms with E-state index in [1.165, 1.54) is 11.4 Å². The van der Waals surface area contributed by atoms with E-state index in [4.69, 9.17) is 0 Å². The van der Waals surface area contributed by atoms with Crippen LogP contribution in [0.2, 0.25) is 0 Å². The van der Waals surface area contributed by atoms with Crippen LogP contribution in [0.4, 0.5) is 0 Å². The highest BCUT2D eigenvalue weighted by atomic mass is 15.1. The second-order valence-corrected chi connectivity index (χ2v) is 2.54. The summed E-state index contributed by atoms with van der Waals surface area (Å²) in [7, 11) is 0. The van der Waals surface area contributed by atoms with Crippen molar-refractivity contribution < 1.29 is 0 Å². The van der Waals surface area contributed by atoms with Gasteiger partial charge in [-0.2, -0.15) is 0 Å². The van der Waals surface area contributed by atoms with Crippen molar-refractivity contribution in [2.45, 2.75) is 0 Å². The van der Waals surface area contributed by atoms with Crippen LogP contribution in [0.15, 0.2) is 35.8 Å². The van der Waals surface area contributed by atoms with Crippen LogP contribution in [0.1, 0.15) is 0 Å². The summed E-state index contributed by atoms with van der Waals surface area (Å²) < 4.78 is 0. The summed E-state index contributed by atoms with van der Waals surface area (Å²) in [6, 6.07) is 0. The van der Waals surface area contributed by atoms with Crippen molar-refractivity contribution in [2.24, 2.45) is 0 Å². The lowest BCUT2D eigenvalue weighted by Crippen LogP contribution is -2.39. The Morgan fingerprint density at radius 1 is 1.27 bits per heavy atom. The maximum Gasteiger partial charge on any atom is 0.0656 e. The third kappa shape index (κ3) is 1.28. The zero-order valence-electron chi connectivity index (χ0n) is 6.22. The zero-order chi connectivity index (χ0) is 7.52. The van der Waals surface area contributed by atoms with Gasteiger partial charge < -0.3 is 10.6 Å². The van der Waals surface area contributed by atoms with E-state index >= 15 is 0 Å². The van der Waals surface area contributed by atoms with E-state index in [2.05, 4.69) is 22.0 Å². The Morgan fingerprint density at radius 3 is 3.27 bits per heavy atom. The Kier molecular flexibility index (Phi) is 1.65. The summed E-state index contributed by atoms with van der Waals surface area (Å²) in [5, 5.41) is 9.65. The molecule has 2 rings (SSSR count). The van der Waals surface area contributed by atoms with Gasteiger partial charge in [-0.1, -0.05) is 6.08 Å². The first kappa shape index (κ1) is 6.49. The van der Waals surface area contributed by atoms with Crippen molar-refractivity contribution in [3.8, 4) is 0 Å². The summed E-state index contributed by atoms with van der Waals surface area (Å²) in [6.07, 6.45) is 8.02. The van der Waals surface area contributed by atoms with Gasteiger partial charge in [-0.25, -0.2) is 0 Å². The first-order chi connectivity index (χ1) is 5.47. The van der Waals surface area contributed by atoms with Crippen LogP contribution in [0.5, 0.6) is 0 Å². The molecule has 2 aliphatic heterocycles. The van der Waals surface area contributed by atoms with Gasteiger partial charge >= 0.3 is 0 Å². The molecule has 0 aromatic heterocycles. The summed E-state index contributed by atoms with van der Waals surface area (Å²) >= 11 is 0. The highest BCUT2D eigenvalue weighted by molar-refractivity contribution is 5.31. The second-order valence-electron chi connectivity index (χ2n) is 2.54. The first-order valence-electron chi connectivity index (χ1n) is 3.74. The predicted octanol–water partition coefficient (Wildman–Crippen LogP) is 0.0214. The Balaban J connectivity index is 2.26. The molecule has 3 heteroatoms. The summed E-state index contributed by atoms with van der Waals surface area (Å²) in [6.45, 7) is 1.77. The quantitative estimate of drug-likeness (QED) is 0.454. The summed E-state index contributed by atoms with van der Waals surface area (Å²) in [5.41, 5.74) is 2.40. The summed E-state index contributed by atoms with van der Waals surface area (Å²) in [5.74, 6) is 0. The smallest absolute Gasteiger partial charge is 0.0656 e. The van der Waals surface area contributed by atoms with E-state index in [-0.39, 0.29) is 0 Å². The number of nitrogens with one attached hydrogen (secondary N) is 3. The molecule has 0 saturated heterocycles. The Hall–Kier alpha value is -1.22. The van der Waals surface area contributed by atoms with Crippen molar-refractivity contribution in [3.05, 3.63) is 35.8 Å². The first-order valence-corrected chi connectivity index (χ1v) is 3.74. The van der Waals surface area contributed by atoms with Crippen molar-refractivity contribution in [2.75, 3.05) is 13.2 Å². The average Bonchev–Trinajstić information content (AvgIpc) is 2.28. The molecule has 0 bridgehead atoms. The molecule has 2 heterocycles. The van der Waals surface area contributed by atoms with E-state index in [0.717, 1.165) is 13.2 Å². The molecule has 0 fully saturated rings. The van der Waals surface area contributed by atoms with Crippen LogP contribution < -0.4 is 16.0 Å². The van der Waals surface area contributed by atoms with Gasteiger partial charge in [-0.05, 0) is 12.2 Å². The van der Waals surface area contributed by atoms with Crippen LogP contribution >= 0.6 is 0 Å². The van der Waals surface area contributed by atoms with Gasteiger partial charge in [-0.15, -0.1) is 0 Å². The van der Waals surface area contributed by atoms with Gasteiger partial charge in [0.1, 0.15) is 0 Å². The fraction of sp³-hybridized carbons (Fsp3) is 0.250. The van der Waals surface area contributed by atoms with Crippen molar-refractivity contribution in [1.29, 1.82) is 0 Å². The maximum atomic E-state index is 3.24. The van der Waals surface area contributed by atoms with Crippen LogP contribution in [0.25, 0.3) is 0 Å².